The molecule has 3 fully saturated rings. The molecule has 0 aromatic carbocycles. The van der Waals surface area contributed by atoms with Gasteiger partial charge in [-0.15, -0.1) is 0 Å². The second kappa shape index (κ2) is 10.8. The molecule has 7 heterocycles. The largest absolute Gasteiger partial charge is 0.492 e. The summed E-state index contributed by atoms with van der Waals surface area (Å²) in [5, 5.41) is 21.2. The lowest BCUT2D eigenvalue weighted by molar-refractivity contribution is -0.0591. The minimum atomic E-state index is -4.46. The lowest BCUT2D eigenvalue weighted by Crippen LogP contribution is -2.44. The van der Waals surface area contributed by atoms with Gasteiger partial charge in [0.05, 0.1) is 19.5 Å². The van der Waals surface area contributed by atoms with E-state index in [0.29, 0.717) is 0 Å². The minimum absolute atomic E-state index is 0.0751. The standard InChI is InChI=1S/C20H22FN9O10P2S2/c21-20(30-7-28-11-17(30)25-5-26-18(11)32)3-35-9-2-37-41(33,43)39-13-12(31)8(1-36-42(34,44)40-14(9)20)38-19(13)29-6-27-10-15(22)23-4-24-16(10)29/h4-9,12-14,19,31H,1-3H2,(H,33,43)(H,34,44)(H2,22,23,24)(H,25,26,32)/t8-,9-,12-,13-,14-,19-,20-,41?,42?/m1/s1. The predicted octanol–water partition coefficient (Wildman–Crippen LogP) is 1.13. The van der Waals surface area contributed by atoms with E-state index in [0.717, 1.165) is 17.2 Å². The first-order valence-corrected chi connectivity index (χ1v) is 18.0. The summed E-state index contributed by atoms with van der Waals surface area (Å²) in [7, 11) is 0. The molecule has 9 atom stereocenters. The first-order chi connectivity index (χ1) is 20.9. The molecular formula is C20H22FN9O10P2S2. The molecule has 0 amide bonds. The molecule has 4 aromatic rings. The number of hydrogen-bond donors (Lipinski definition) is 5. The summed E-state index contributed by atoms with van der Waals surface area (Å²) in [4.78, 5) is 23.7. The zero-order valence-corrected chi connectivity index (χ0v) is 25.5. The van der Waals surface area contributed by atoms with E-state index in [-0.39, 0.29) is 28.1 Å². The Morgan fingerprint density at radius 2 is 1.64 bits per heavy atom. The molecule has 0 saturated carbocycles. The summed E-state index contributed by atoms with van der Waals surface area (Å²) in [6, 6.07) is 0. The first-order valence-electron chi connectivity index (χ1n) is 12.6. The molecule has 0 radical (unpaired) electrons. The molecule has 3 aliphatic rings. The van der Waals surface area contributed by atoms with Crippen molar-refractivity contribution in [2.75, 3.05) is 25.6 Å². The number of aromatic nitrogens is 8. The van der Waals surface area contributed by atoms with Crippen molar-refractivity contribution < 1.29 is 51.3 Å². The van der Waals surface area contributed by atoms with Crippen molar-refractivity contribution in [1.82, 2.24) is 39.0 Å². The molecule has 19 nitrogen and oxygen atoms in total. The fraction of sp³-hybridized carbons (Fsp3) is 0.500. The van der Waals surface area contributed by atoms with Gasteiger partial charge >= 0.3 is 13.6 Å². The number of aliphatic hydroxyl groups excluding tert-OH is 1. The van der Waals surface area contributed by atoms with Gasteiger partial charge in [0.1, 0.15) is 55.5 Å². The fourth-order valence-electron chi connectivity index (χ4n) is 5.21. The zero-order chi connectivity index (χ0) is 31.0. The zero-order valence-electron chi connectivity index (χ0n) is 21.9. The van der Waals surface area contributed by atoms with E-state index >= 15 is 4.39 Å². The summed E-state index contributed by atoms with van der Waals surface area (Å²) in [6.45, 7) is -10.8. The molecule has 24 heteroatoms. The van der Waals surface area contributed by atoms with Crippen LogP contribution in [0.15, 0.2) is 25.3 Å². The Bertz CT molecular complexity index is 1850. The molecule has 3 aliphatic heterocycles. The van der Waals surface area contributed by atoms with E-state index in [1.165, 1.54) is 17.2 Å². The van der Waals surface area contributed by atoms with Crippen molar-refractivity contribution in [2.24, 2.45) is 0 Å². The van der Waals surface area contributed by atoms with Gasteiger partial charge in [-0.3, -0.25) is 27.2 Å². The van der Waals surface area contributed by atoms with Crippen molar-refractivity contribution in [2.45, 2.75) is 42.5 Å². The van der Waals surface area contributed by atoms with Crippen LogP contribution in [0.2, 0.25) is 0 Å². The minimum Gasteiger partial charge on any atom is -0.492 e. The van der Waals surface area contributed by atoms with E-state index in [9.17, 15) is 19.3 Å². The second-order valence-electron chi connectivity index (χ2n) is 9.92. The van der Waals surface area contributed by atoms with Crippen LogP contribution in [0.5, 0.6) is 5.88 Å². The Morgan fingerprint density at radius 1 is 0.955 bits per heavy atom. The summed E-state index contributed by atoms with van der Waals surface area (Å²) < 4.78 is 79.8. The molecule has 0 spiro atoms. The molecule has 236 valence electrons. The Labute approximate surface area is 255 Å². The summed E-state index contributed by atoms with van der Waals surface area (Å²) in [5.41, 5.74) is 6.06. The molecule has 4 aromatic heterocycles. The van der Waals surface area contributed by atoms with Crippen LogP contribution >= 0.6 is 38.1 Å². The average Bonchev–Trinajstić information content (AvgIpc) is 3.73. The molecule has 2 bridgehead atoms. The number of aromatic hydroxyl groups is 1. The van der Waals surface area contributed by atoms with Crippen molar-refractivity contribution in [3.8, 4) is 5.88 Å². The second-order valence-corrected chi connectivity index (χ2v) is 15.7. The molecule has 4 N–H and O–H groups in total. The normalized spacial score (nSPS) is 38.3. The molecule has 3 saturated heterocycles. The smallest absolute Gasteiger partial charge is 0.386 e. The highest BCUT2D eigenvalue weighted by molar-refractivity contribution is 8.44. The van der Waals surface area contributed by atoms with Gasteiger partial charge in [0, 0.05) is 0 Å². The van der Waals surface area contributed by atoms with Gasteiger partial charge in [-0.2, -0.15) is 4.98 Å². The summed E-state index contributed by atoms with van der Waals surface area (Å²) in [6.07, 6.45) is -4.15. The molecule has 0 aliphatic carbocycles. The highest BCUT2D eigenvalue weighted by Gasteiger charge is 2.58. The number of rotatable bonds is 2. The highest BCUT2D eigenvalue weighted by atomic mass is 32.7. The predicted molar refractivity (Wildman–Crippen MR) is 150 cm³/mol. The fourth-order valence-corrected chi connectivity index (χ4v) is 8.15. The Kier molecular flexibility index (Phi) is 7.41. The summed E-state index contributed by atoms with van der Waals surface area (Å²) >= 11 is 8.08. The summed E-state index contributed by atoms with van der Waals surface area (Å²) in [5.74, 6) is -3.10. The number of ether oxygens (including phenoxy) is 2. The number of halogens is 1. The quantitative estimate of drug-likeness (QED) is 0.146. The van der Waals surface area contributed by atoms with Gasteiger partial charge in [-0.05, 0) is 0 Å². The third-order valence-corrected chi connectivity index (χ3v) is 10.5. The van der Waals surface area contributed by atoms with Crippen LogP contribution < -0.4 is 5.73 Å². The SMILES string of the molecule is Nc1ncnc2c1ncn2[C@@H]1O[C@@H]2COP(=O)(S)O[C@@H]3[C@@H](COP(=O)(S)O[C@@H]1[C@@H]2O)OC[C@@]3(F)n1cnc2c(O)ncnc21. The first kappa shape index (κ1) is 30.2. The van der Waals surface area contributed by atoms with Crippen LogP contribution in [-0.2, 0) is 42.5 Å². The third-order valence-electron chi connectivity index (χ3n) is 7.27. The van der Waals surface area contributed by atoms with E-state index in [1.54, 1.807) is 0 Å². The van der Waals surface area contributed by atoms with Crippen LogP contribution in [0.3, 0.4) is 0 Å². The number of hydrogen-bond acceptors (Lipinski definition) is 17. The molecule has 44 heavy (non-hydrogen) atoms. The lowest BCUT2D eigenvalue weighted by Gasteiger charge is -2.31. The average molecular weight is 694 g/mol. The van der Waals surface area contributed by atoms with Gasteiger partial charge < -0.3 is 25.4 Å². The van der Waals surface area contributed by atoms with Gasteiger partial charge in [0.15, 0.2) is 35.0 Å². The molecular weight excluding hydrogens is 671 g/mol. The monoisotopic (exact) mass is 693 g/mol. The maximum atomic E-state index is 16.9. The maximum Gasteiger partial charge on any atom is 0.386 e. The Morgan fingerprint density at radius 3 is 2.43 bits per heavy atom. The van der Waals surface area contributed by atoms with Gasteiger partial charge in [-0.25, -0.2) is 38.4 Å². The Hall–Kier alpha value is -2.49. The number of imidazole rings is 2. The maximum absolute atomic E-state index is 16.9. The molecule has 7 rings (SSSR count). The Balaban J connectivity index is 1.22. The number of nitrogens with zero attached hydrogens (tertiary/aromatic N) is 8. The number of nitrogen functional groups attached to an aromatic ring is 1. The number of nitrogens with two attached hydrogens (primary N) is 1. The van der Waals surface area contributed by atoms with Crippen molar-refractivity contribution >= 4 is 66.2 Å². The third kappa shape index (κ3) is 5.07. The number of thiol groups is 2. The number of alkyl halides is 1. The van der Waals surface area contributed by atoms with E-state index < -0.39 is 81.8 Å². The van der Waals surface area contributed by atoms with E-state index in [2.05, 4.69) is 54.4 Å². The number of fused-ring (bicyclic) bond motifs is 5. The van der Waals surface area contributed by atoms with Crippen LogP contribution in [-0.4, -0.2) is 99.6 Å². The topological polar surface area (TPSA) is 243 Å². The van der Waals surface area contributed by atoms with E-state index in [4.69, 9.17) is 33.3 Å². The van der Waals surface area contributed by atoms with Gasteiger partial charge in [0.2, 0.25) is 11.7 Å². The van der Waals surface area contributed by atoms with Crippen LogP contribution in [0.25, 0.3) is 22.3 Å². The highest BCUT2D eigenvalue weighted by Crippen LogP contribution is 2.61. The van der Waals surface area contributed by atoms with Gasteiger partial charge in [0.25, 0.3) is 0 Å². The number of anilines is 1. The lowest BCUT2D eigenvalue weighted by atomic mass is 10.1. The van der Waals surface area contributed by atoms with Gasteiger partial charge in [-0.1, -0.05) is 24.5 Å². The van der Waals surface area contributed by atoms with Crippen molar-refractivity contribution in [1.29, 1.82) is 0 Å². The van der Waals surface area contributed by atoms with Crippen LogP contribution in [0, 0.1) is 0 Å². The molecule has 2 unspecified atom stereocenters. The van der Waals surface area contributed by atoms with Crippen molar-refractivity contribution in [3.05, 3.63) is 25.3 Å². The number of aliphatic hydroxyl groups is 1. The van der Waals surface area contributed by atoms with Crippen LogP contribution in [0.1, 0.15) is 6.23 Å². The van der Waals surface area contributed by atoms with E-state index in [1.807, 2.05) is 0 Å². The van der Waals surface area contributed by atoms with Crippen LogP contribution in [0.4, 0.5) is 10.2 Å². The van der Waals surface area contributed by atoms with Crippen molar-refractivity contribution in [3.63, 3.8) is 0 Å².